The molecule has 0 saturated carbocycles. The van der Waals surface area contributed by atoms with Crippen molar-refractivity contribution in [1.29, 1.82) is 0 Å². The molecule has 0 bridgehead atoms. The first-order chi connectivity index (χ1) is 8.08. The van der Waals surface area contributed by atoms with E-state index in [4.69, 9.17) is 10.5 Å². The predicted molar refractivity (Wildman–Crippen MR) is 72.2 cm³/mol. The molecule has 17 heavy (non-hydrogen) atoms. The molecule has 0 aromatic heterocycles. The van der Waals surface area contributed by atoms with Crippen LogP contribution < -0.4 is 5.73 Å². The first kappa shape index (κ1) is 13.9. The SMILES string of the molecule is CCOC(=O)C(CC)Sc1cc(N)ccc1C. The second-order valence-electron chi connectivity index (χ2n) is 3.79. The van der Waals surface area contributed by atoms with E-state index >= 15 is 0 Å². The Hall–Kier alpha value is -1.16. The lowest BCUT2D eigenvalue weighted by Gasteiger charge is -2.14. The van der Waals surface area contributed by atoms with Gasteiger partial charge >= 0.3 is 5.97 Å². The second kappa shape index (κ2) is 6.55. The summed E-state index contributed by atoms with van der Waals surface area (Å²) in [6, 6.07) is 5.74. The molecule has 0 radical (unpaired) electrons. The van der Waals surface area contributed by atoms with Crippen LogP contribution in [0.25, 0.3) is 0 Å². The van der Waals surface area contributed by atoms with Crippen molar-refractivity contribution in [2.24, 2.45) is 0 Å². The quantitative estimate of drug-likeness (QED) is 0.498. The number of aryl methyl sites for hydroxylation is 1. The van der Waals surface area contributed by atoms with Crippen LogP contribution in [-0.4, -0.2) is 17.8 Å². The summed E-state index contributed by atoms with van der Waals surface area (Å²) in [6.45, 7) is 6.24. The van der Waals surface area contributed by atoms with Crippen LogP contribution in [-0.2, 0) is 9.53 Å². The molecular formula is C13H19NO2S. The summed E-state index contributed by atoms with van der Waals surface area (Å²) < 4.78 is 5.05. The van der Waals surface area contributed by atoms with E-state index in [9.17, 15) is 4.79 Å². The fourth-order valence-electron chi connectivity index (χ4n) is 1.43. The van der Waals surface area contributed by atoms with E-state index in [1.807, 2.05) is 39.0 Å². The van der Waals surface area contributed by atoms with Crippen molar-refractivity contribution in [2.75, 3.05) is 12.3 Å². The van der Waals surface area contributed by atoms with Gasteiger partial charge in [-0.1, -0.05) is 13.0 Å². The van der Waals surface area contributed by atoms with Gasteiger partial charge < -0.3 is 10.5 Å². The summed E-state index contributed by atoms with van der Waals surface area (Å²) in [5, 5.41) is -0.157. The number of carbonyl (C=O) groups is 1. The Morgan fingerprint density at radius 3 is 2.76 bits per heavy atom. The van der Waals surface area contributed by atoms with Crippen LogP contribution in [0.5, 0.6) is 0 Å². The molecular weight excluding hydrogens is 234 g/mol. The Morgan fingerprint density at radius 2 is 2.18 bits per heavy atom. The third-order valence-electron chi connectivity index (χ3n) is 2.40. The van der Waals surface area contributed by atoms with Gasteiger partial charge in [-0.05, 0) is 38.0 Å². The number of thioether (sulfide) groups is 1. The molecule has 0 fully saturated rings. The maximum atomic E-state index is 11.7. The highest BCUT2D eigenvalue weighted by atomic mass is 32.2. The summed E-state index contributed by atoms with van der Waals surface area (Å²) in [6.07, 6.45) is 0.748. The number of esters is 1. The topological polar surface area (TPSA) is 52.3 Å². The lowest BCUT2D eigenvalue weighted by Crippen LogP contribution is -2.19. The van der Waals surface area contributed by atoms with E-state index in [0.29, 0.717) is 6.61 Å². The number of hydrogen-bond acceptors (Lipinski definition) is 4. The highest BCUT2D eigenvalue weighted by Crippen LogP contribution is 2.30. The molecule has 0 spiro atoms. The lowest BCUT2D eigenvalue weighted by atomic mass is 10.2. The third kappa shape index (κ3) is 3.97. The number of hydrogen-bond donors (Lipinski definition) is 1. The summed E-state index contributed by atoms with van der Waals surface area (Å²) >= 11 is 1.52. The van der Waals surface area contributed by atoms with Crippen molar-refractivity contribution in [3.8, 4) is 0 Å². The molecule has 1 unspecified atom stereocenters. The maximum absolute atomic E-state index is 11.7. The molecule has 0 heterocycles. The fourth-order valence-corrected chi connectivity index (χ4v) is 2.53. The summed E-state index contributed by atoms with van der Waals surface area (Å²) in [4.78, 5) is 12.7. The van der Waals surface area contributed by atoms with Gasteiger partial charge in [0.25, 0.3) is 0 Å². The highest BCUT2D eigenvalue weighted by Gasteiger charge is 2.19. The van der Waals surface area contributed by atoms with Crippen molar-refractivity contribution >= 4 is 23.4 Å². The van der Waals surface area contributed by atoms with E-state index in [-0.39, 0.29) is 11.2 Å². The number of nitrogens with two attached hydrogens (primary N) is 1. The molecule has 0 saturated heterocycles. The van der Waals surface area contributed by atoms with Gasteiger partial charge in [-0.3, -0.25) is 4.79 Å². The predicted octanol–water partition coefficient (Wildman–Crippen LogP) is 3.01. The average Bonchev–Trinajstić information content (AvgIpc) is 2.30. The molecule has 3 nitrogen and oxygen atoms in total. The molecule has 94 valence electrons. The highest BCUT2D eigenvalue weighted by molar-refractivity contribution is 8.00. The number of rotatable bonds is 5. The van der Waals surface area contributed by atoms with Crippen LogP contribution in [0.3, 0.4) is 0 Å². The largest absolute Gasteiger partial charge is 0.465 e. The van der Waals surface area contributed by atoms with E-state index in [1.54, 1.807) is 0 Å². The minimum atomic E-state index is -0.157. The van der Waals surface area contributed by atoms with Gasteiger partial charge in [0.1, 0.15) is 5.25 Å². The van der Waals surface area contributed by atoms with Crippen molar-refractivity contribution in [3.63, 3.8) is 0 Å². The molecule has 1 aromatic carbocycles. The zero-order valence-electron chi connectivity index (χ0n) is 10.5. The summed E-state index contributed by atoms with van der Waals surface area (Å²) in [7, 11) is 0. The van der Waals surface area contributed by atoms with Crippen LogP contribution in [0.2, 0.25) is 0 Å². The van der Waals surface area contributed by atoms with Crippen LogP contribution in [0, 0.1) is 6.92 Å². The summed E-state index contributed by atoms with van der Waals surface area (Å²) in [5.41, 5.74) is 7.60. The standard InChI is InChI=1S/C13H19NO2S/c1-4-11(13(15)16-5-2)17-12-8-10(14)7-6-9(12)3/h6-8,11H,4-5,14H2,1-3H3. The molecule has 1 aromatic rings. The van der Waals surface area contributed by atoms with Gasteiger partial charge in [-0.15, -0.1) is 11.8 Å². The normalized spacial score (nSPS) is 12.2. The Bertz CT molecular complexity index is 393. The van der Waals surface area contributed by atoms with E-state index in [0.717, 1.165) is 22.6 Å². The Kier molecular flexibility index (Phi) is 5.35. The van der Waals surface area contributed by atoms with Crippen molar-refractivity contribution in [1.82, 2.24) is 0 Å². The monoisotopic (exact) mass is 253 g/mol. The van der Waals surface area contributed by atoms with Crippen molar-refractivity contribution < 1.29 is 9.53 Å². The number of carbonyl (C=O) groups excluding carboxylic acids is 1. The molecule has 0 aliphatic carbocycles. The fraction of sp³-hybridized carbons (Fsp3) is 0.462. The van der Waals surface area contributed by atoms with Gasteiger partial charge in [0.05, 0.1) is 6.61 Å². The van der Waals surface area contributed by atoms with E-state index in [2.05, 4.69) is 0 Å². The zero-order valence-corrected chi connectivity index (χ0v) is 11.3. The van der Waals surface area contributed by atoms with Crippen molar-refractivity contribution in [3.05, 3.63) is 23.8 Å². The lowest BCUT2D eigenvalue weighted by molar-refractivity contribution is -0.142. The number of nitrogen functional groups attached to an aromatic ring is 1. The van der Waals surface area contributed by atoms with E-state index < -0.39 is 0 Å². The van der Waals surface area contributed by atoms with Crippen LogP contribution >= 0.6 is 11.8 Å². The second-order valence-corrected chi connectivity index (χ2v) is 5.04. The third-order valence-corrected chi connectivity index (χ3v) is 3.91. The Morgan fingerprint density at radius 1 is 1.47 bits per heavy atom. The molecule has 4 heteroatoms. The first-order valence-electron chi connectivity index (χ1n) is 5.77. The van der Waals surface area contributed by atoms with Crippen LogP contribution in [0.4, 0.5) is 5.69 Å². The molecule has 0 amide bonds. The number of ether oxygens (including phenoxy) is 1. The molecule has 0 aliphatic rings. The minimum Gasteiger partial charge on any atom is -0.465 e. The molecule has 1 rings (SSSR count). The maximum Gasteiger partial charge on any atom is 0.319 e. The number of anilines is 1. The van der Waals surface area contributed by atoms with Gasteiger partial charge in [0.15, 0.2) is 0 Å². The summed E-state index contributed by atoms with van der Waals surface area (Å²) in [5.74, 6) is -0.151. The average molecular weight is 253 g/mol. The van der Waals surface area contributed by atoms with Gasteiger partial charge in [0.2, 0.25) is 0 Å². The van der Waals surface area contributed by atoms with E-state index in [1.165, 1.54) is 11.8 Å². The van der Waals surface area contributed by atoms with Crippen LogP contribution in [0.15, 0.2) is 23.1 Å². The van der Waals surface area contributed by atoms with Gasteiger partial charge in [0, 0.05) is 10.6 Å². The smallest absolute Gasteiger partial charge is 0.319 e. The molecule has 0 aliphatic heterocycles. The number of benzene rings is 1. The Labute approximate surface area is 107 Å². The molecule has 1 atom stereocenters. The Balaban J connectivity index is 2.80. The van der Waals surface area contributed by atoms with Gasteiger partial charge in [-0.2, -0.15) is 0 Å². The first-order valence-corrected chi connectivity index (χ1v) is 6.65. The zero-order chi connectivity index (χ0) is 12.8. The van der Waals surface area contributed by atoms with Crippen LogP contribution in [0.1, 0.15) is 25.8 Å². The van der Waals surface area contributed by atoms with Crippen molar-refractivity contribution in [2.45, 2.75) is 37.3 Å². The minimum absolute atomic E-state index is 0.151. The molecule has 2 N–H and O–H groups in total. The van der Waals surface area contributed by atoms with Gasteiger partial charge in [-0.25, -0.2) is 0 Å².